The summed E-state index contributed by atoms with van der Waals surface area (Å²) in [6.07, 6.45) is 0.689. The van der Waals surface area contributed by atoms with Crippen molar-refractivity contribution in [3.8, 4) is 0 Å². The highest BCUT2D eigenvalue weighted by Gasteiger charge is 2.33. The molecular weight excluding hydrogens is 112 g/mol. The van der Waals surface area contributed by atoms with Gasteiger partial charge in [-0.3, -0.25) is 4.79 Å². The van der Waals surface area contributed by atoms with E-state index in [4.69, 9.17) is 11.6 Å². The van der Waals surface area contributed by atoms with Gasteiger partial charge in [-0.1, -0.05) is 6.92 Å². The highest BCUT2D eigenvalue weighted by Crippen LogP contribution is 2.27. The molecule has 0 aliphatic heterocycles. The zero-order chi connectivity index (χ0) is 5.44. The molecule has 1 aliphatic carbocycles. The van der Waals surface area contributed by atoms with E-state index in [2.05, 4.69) is 0 Å². The second-order valence-corrected chi connectivity index (χ2v) is 2.52. The molecular formula is C5H7ClO. The van der Waals surface area contributed by atoms with Gasteiger partial charge < -0.3 is 0 Å². The number of halogens is 1. The summed E-state index contributed by atoms with van der Waals surface area (Å²) in [5.74, 6) is 0.628. The SMILES string of the molecule is C[C@H]1CC(=O)[C@@H]1Cl. The molecule has 1 aliphatic rings. The molecule has 2 atom stereocenters. The fourth-order valence-corrected chi connectivity index (χ4v) is 0.868. The molecule has 40 valence electrons. The van der Waals surface area contributed by atoms with E-state index in [0.29, 0.717) is 12.3 Å². The van der Waals surface area contributed by atoms with Crippen LogP contribution in [0.5, 0.6) is 0 Å². The number of ketones is 1. The lowest BCUT2D eigenvalue weighted by atomic mass is 9.85. The molecule has 0 radical (unpaired) electrons. The van der Waals surface area contributed by atoms with Gasteiger partial charge in [-0.15, -0.1) is 11.6 Å². The molecule has 0 heterocycles. The van der Waals surface area contributed by atoms with Gasteiger partial charge in [0.05, 0.1) is 5.38 Å². The first-order chi connectivity index (χ1) is 3.22. The summed E-state index contributed by atoms with van der Waals surface area (Å²) in [5, 5.41) is -0.167. The smallest absolute Gasteiger partial charge is 0.151 e. The predicted molar refractivity (Wildman–Crippen MR) is 28.4 cm³/mol. The van der Waals surface area contributed by atoms with Gasteiger partial charge in [-0.05, 0) is 5.92 Å². The summed E-state index contributed by atoms with van der Waals surface area (Å²) in [5.41, 5.74) is 0. The number of carbonyl (C=O) groups is 1. The predicted octanol–water partition coefficient (Wildman–Crippen LogP) is 1.20. The lowest BCUT2D eigenvalue weighted by Crippen LogP contribution is -2.35. The van der Waals surface area contributed by atoms with Gasteiger partial charge in [0.2, 0.25) is 0 Å². The van der Waals surface area contributed by atoms with Crippen LogP contribution in [-0.2, 0) is 4.79 Å². The monoisotopic (exact) mass is 118 g/mol. The number of rotatable bonds is 0. The maximum absolute atomic E-state index is 10.3. The summed E-state index contributed by atoms with van der Waals surface area (Å²) in [6.45, 7) is 1.99. The second kappa shape index (κ2) is 1.48. The van der Waals surface area contributed by atoms with Crippen molar-refractivity contribution < 1.29 is 4.79 Å². The Bertz CT molecular complexity index is 100. The molecule has 0 aromatic carbocycles. The van der Waals surface area contributed by atoms with Gasteiger partial charge >= 0.3 is 0 Å². The molecule has 0 spiro atoms. The van der Waals surface area contributed by atoms with Crippen LogP contribution in [0.3, 0.4) is 0 Å². The maximum atomic E-state index is 10.3. The average molecular weight is 119 g/mol. The third-order valence-electron chi connectivity index (χ3n) is 1.33. The van der Waals surface area contributed by atoms with Crippen molar-refractivity contribution in [2.24, 2.45) is 5.92 Å². The number of hydrogen-bond acceptors (Lipinski definition) is 1. The Morgan fingerprint density at radius 3 is 2.43 bits per heavy atom. The molecule has 0 unspecified atom stereocenters. The number of Topliss-reactive ketones (excluding diaryl/α,β-unsaturated/α-hetero) is 1. The zero-order valence-electron chi connectivity index (χ0n) is 4.15. The van der Waals surface area contributed by atoms with Crippen molar-refractivity contribution in [3.05, 3.63) is 0 Å². The number of hydrogen-bond donors (Lipinski definition) is 0. The molecule has 2 heteroatoms. The Labute approximate surface area is 47.7 Å². The molecule has 1 fully saturated rings. The summed E-state index contributed by atoms with van der Waals surface area (Å²) in [4.78, 5) is 10.3. The molecule has 1 saturated carbocycles. The molecule has 0 aromatic heterocycles. The van der Waals surface area contributed by atoms with Crippen LogP contribution in [0.25, 0.3) is 0 Å². The third kappa shape index (κ3) is 0.653. The van der Waals surface area contributed by atoms with E-state index in [1.54, 1.807) is 0 Å². The fourth-order valence-electron chi connectivity index (χ4n) is 0.690. The van der Waals surface area contributed by atoms with Crippen LogP contribution in [0.15, 0.2) is 0 Å². The normalized spacial score (nSPS) is 40.6. The van der Waals surface area contributed by atoms with E-state index in [-0.39, 0.29) is 11.2 Å². The van der Waals surface area contributed by atoms with Crippen molar-refractivity contribution in [2.75, 3.05) is 0 Å². The molecule has 1 nitrogen and oxygen atoms in total. The Kier molecular flexibility index (Phi) is 1.08. The van der Waals surface area contributed by atoms with Gasteiger partial charge in [0.1, 0.15) is 0 Å². The average Bonchev–Trinajstić information content (AvgIpc) is 1.68. The minimum atomic E-state index is -0.167. The third-order valence-corrected chi connectivity index (χ3v) is 2.00. The Balaban J connectivity index is 2.43. The van der Waals surface area contributed by atoms with E-state index in [1.807, 2.05) is 6.92 Å². The molecule has 7 heavy (non-hydrogen) atoms. The van der Waals surface area contributed by atoms with Gasteiger partial charge in [-0.25, -0.2) is 0 Å². The standard InChI is InChI=1S/C5H7ClO/c1-3-2-4(7)5(3)6/h3,5H,2H2,1H3/t3-,5+/m0/s1. The van der Waals surface area contributed by atoms with Crippen LogP contribution in [0.1, 0.15) is 13.3 Å². The van der Waals surface area contributed by atoms with Crippen molar-refractivity contribution in [3.63, 3.8) is 0 Å². The molecule has 1 rings (SSSR count). The minimum absolute atomic E-state index is 0.167. The number of alkyl halides is 1. The molecule has 0 saturated heterocycles. The van der Waals surface area contributed by atoms with Crippen LogP contribution in [0, 0.1) is 5.92 Å². The van der Waals surface area contributed by atoms with Gasteiger partial charge in [0.25, 0.3) is 0 Å². The van der Waals surface area contributed by atoms with Gasteiger partial charge in [0, 0.05) is 6.42 Å². The van der Waals surface area contributed by atoms with E-state index in [9.17, 15) is 4.79 Å². The molecule has 0 N–H and O–H groups in total. The topological polar surface area (TPSA) is 17.1 Å². The summed E-state index contributed by atoms with van der Waals surface area (Å²) >= 11 is 5.50. The Morgan fingerprint density at radius 2 is 2.43 bits per heavy atom. The van der Waals surface area contributed by atoms with E-state index in [0.717, 1.165) is 0 Å². The Hall–Kier alpha value is -0.0400. The van der Waals surface area contributed by atoms with Gasteiger partial charge in [0.15, 0.2) is 5.78 Å². The lowest BCUT2D eigenvalue weighted by molar-refractivity contribution is -0.125. The number of carbonyl (C=O) groups excluding carboxylic acids is 1. The van der Waals surface area contributed by atoms with Crippen molar-refractivity contribution in [2.45, 2.75) is 18.7 Å². The van der Waals surface area contributed by atoms with E-state index < -0.39 is 0 Å². The van der Waals surface area contributed by atoms with Gasteiger partial charge in [-0.2, -0.15) is 0 Å². The van der Waals surface area contributed by atoms with Crippen LogP contribution >= 0.6 is 11.6 Å². The quantitative estimate of drug-likeness (QED) is 0.437. The minimum Gasteiger partial charge on any atom is -0.298 e. The molecule has 0 amide bonds. The second-order valence-electron chi connectivity index (χ2n) is 2.05. The summed E-state index contributed by atoms with van der Waals surface area (Å²) in [7, 11) is 0. The van der Waals surface area contributed by atoms with Crippen LogP contribution in [-0.4, -0.2) is 11.2 Å². The highest BCUT2D eigenvalue weighted by molar-refractivity contribution is 6.33. The fraction of sp³-hybridized carbons (Fsp3) is 0.800. The maximum Gasteiger partial charge on any atom is 0.151 e. The van der Waals surface area contributed by atoms with Crippen molar-refractivity contribution >= 4 is 17.4 Å². The summed E-state index contributed by atoms with van der Waals surface area (Å²) < 4.78 is 0. The summed E-state index contributed by atoms with van der Waals surface area (Å²) in [6, 6.07) is 0. The van der Waals surface area contributed by atoms with Crippen LogP contribution in [0.4, 0.5) is 0 Å². The van der Waals surface area contributed by atoms with Crippen molar-refractivity contribution in [1.82, 2.24) is 0 Å². The van der Waals surface area contributed by atoms with Crippen LogP contribution in [0.2, 0.25) is 0 Å². The molecule has 0 aromatic rings. The highest BCUT2D eigenvalue weighted by atomic mass is 35.5. The first-order valence-electron chi connectivity index (χ1n) is 2.38. The Morgan fingerprint density at radius 1 is 1.86 bits per heavy atom. The first kappa shape index (κ1) is 5.10. The van der Waals surface area contributed by atoms with Crippen LogP contribution < -0.4 is 0 Å². The zero-order valence-corrected chi connectivity index (χ0v) is 4.90. The van der Waals surface area contributed by atoms with Crippen molar-refractivity contribution in [1.29, 1.82) is 0 Å². The first-order valence-corrected chi connectivity index (χ1v) is 2.82. The lowest BCUT2D eigenvalue weighted by Gasteiger charge is -2.25. The van der Waals surface area contributed by atoms with E-state index in [1.165, 1.54) is 0 Å². The molecule has 0 bridgehead atoms. The largest absolute Gasteiger partial charge is 0.298 e. The van der Waals surface area contributed by atoms with E-state index >= 15 is 0 Å².